The quantitative estimate of drug-likeness (QED) is 0.845. The van der Waals surface area contributed by atoms with E-state index in [1.165, 1.54) is 5.56 Å². The molecule has 1 heterocycles. The van der Waals surface area contributed by atoms with Crippen LogP contribution in [0.2, 0.25) is 0 Å². The van der Waals surface area contributed by atoms with Gasteiger partial charge in [0.2, 0.25) is 0 Å². The van der Waals surface area contributed by atoms with Gasteiger partial charge in [-0.05, 0) is 37.6 Å². The van der Waals surface area contributed by atoms with Gasteiger partial charge in [-0.25, -0.2) is 0 Å². The third kappa shape index (κ3) is 3.55. The molecule has 1 amide bonds. The SMILES string of the molecule is CNCc1ccc(C(=O)NC2CCOCC2)cc1. The summed E-state index contributed by atoms with van der Waals surface area (Å²) in [7, 11) is 1.91. The van der Waals surface area contributed by atoms with Crippen molar-refractivity contribution in [1.29, 1.82) is 0 Å². The lowest BCUT2D eigenvalue weighted by molar-refractivity contribution is 0.0696. The predicted octanol–water partition coefficient (Wildman–Crippen LogP) is 1.31. The van der Waals surface area contributed by atoms with E-state index in [2.05, 4.69) is 10.6 Å². The molecule has 0 aromatic heterocycles. The Bertz CT molecular complexity index is 383. The van der Waals surface area contributed by atoms with Crippen molar-refractivity contribution in [3.05, 3.63) is 35.4 Å². The number of nitrogens with one attached hydrogen (secondary N) is 2. The maximum absolute atomic E-state index is 12.0. The van der Waals surface area contributed by atoms with Gasteiger partial charge in [-0.15, -0.1) is 0 Å². The Morgan fingerprint density at radius 3 is 2.56 bits per heavy atom. The summed E-state index contributed by atoms with van der Waals surface area (Å²) >= 11 is 0. The first kappa shape index (κ1) is 13.1. The Morgan fingerprint density at radius 1 is 1.28 bits per heavy atom. The minimum Gasteiger partial charge on any atom is -0.381 e. The minimum absolute atomic E-state index is 0.0120. The zero-order valence-electron chi connectivity index (χ0n) is 10.7. The maximum Gasteiger partial charge on any atom is 0.251 e. The van der Waals surface area contributed by atoms with Gasteiger partial charge in [-0.3, -0.25) is 4.79 Å². The molecule has 0 atom stereocenters. The zero-order valence-corrected chi connectivity index (χ0v) is 10.7. The molecule has 4 heteroatoms. The standard InChI is InChI=1S/C14H20N2O2/c1-15-10-11-2-4-12(5-3-11)14(17)16-13-6-8-18-9-7-13/h2-5,13,15H,6-10H2,1H3,(H,16,17). The molecule has 1 aliphatic heterocycles. The van der Waals surface area contributed by atoms with Crippen molar-refractivity contribution >= 4 is 5.91 Å². The Balaban J connectivity index is 1.91. The van der Waals surface area contributed by atoms with E-state index in [1.54, 1.807) is 0 Å². The Morgan fingerprint density at radius 2 is 1.94 bits per heavy atom. The molecule has 0 radical (unpaired) electrons. The zero-order chi connectivity index (χ0) is 12.8. The lowest BCUT2D eigenvalue weighted by Gasteiger charge is -2.23. The number of carbonyl (C=O) groups is 1. The molecule has 2 N–H and O–H groups in total. The third-order valence-corrected chi connectivity index (χ3v) is 3.15. The molecule has 1 aliphatic rings. The molecule has 2 rings (SSSR count). The number of amides is 1. The predicted molar refractivity (Wildman–Crippen MR) is 70.5 cm³/mol. The molecule has 1 saturated heterocycles. The van der Waals surface area contributed by atoms with Gasteiger partial charge >= 0.3 is 0 Å². The second-order valence-corrected chi connectivity index (χ2v) is 4.59. The van der Waals surface area contributed by atoms with Crippen molar-refractivity contribution in [1.82, 2.24) is 10.6 Å². The van der Waals surface area contributed by atoms with Crippen molar-refractivity contribution < 1.29 is 9.53 Å². The van der Waals surface area contributed by atoms with Crippen LogP contribution in [0.1, 0.15) is 28.8 Å². The van der Waals surface area contributed by atoms with Crippen LogP contribution in [-0.4, -0.2) is 32.2 Å². The van der Waals surface area contributed by atoms with Crippen LogP contribution >= 0.6 is 0 Å². The molecule has 0 unspecified atom stereocenters. The average molecular weight is 248 g/mol. The summed E-state index contributed by atoms with van der Waals surface area (Å²) in [6.07, 6.45) is 1.81. The number of rotatable bonds is 4. The lowest BCUT2D eigenvalue weighted by Crippen LogP contribution is -2.38. The van der Waals surface area contributed by atoms with Crippen LogP contribution in [0.3, 0.4) is 0 Å². The largest absolute Gasteiger partial charge is 0.381 e. The summed E-state index contributed by atoms with van der Waals surface area (Å²) in [6, 6.07) is 7.97. The summed E-state index contributed by atoms with van der Waals surface area (Å²) in [5, 5.41) is 6.14. The van der Waals surface area contributed by atoms with Gasteiger partial charge in [0.05, 0.1) is 0 Å². The van der Waals surface area contributed by atoms with Gasteiger partial charge in [0.25, 0.3) is 5.91 Å². The molecule has 0 bridgehead atoms. The van der Waals surface area contributed by atoms with Crippen molar-refractivity contribution in [2.75, 3.05) is 20.3 Å². The summed E-state index contributed by atoms with van der Waals surface area (Å²) in [5.41, 5.74) is 1.90. The molecular formula is C14H20N2O2. The molecule has 0 saturated carbocycles. The van der Waals surface area contributed by atoms with E-state index in [0.717, 1.165) is 38.2 Å². The van der Waals surface area contributed by atoms with E-state index < -0.39 is 0 Å². The molecule has 4 nitrogen and oxygen atoms in total. The first-order chi connectivity index (χ1) is 8.79. The summed E-state index contributed by atoms with van der Waals surface area (Å²) in [6.45, 7) is 2.31. The molecular weight excluding hydrogens is 228 g/mol. The normalized spacial score (nSPS) is 16.5. The van der Waals surface area contributed by atoms with E-state index in [1.807, 2.05) is 31.3 Å². The van der Waals surface area contributed by atoms with E-state index in [9.17, 15) is 4.79 Å². The van der Waals surface area contributed by atoms with Crippen molar-refractivity contribution in [3.63, 3.8) is 0 Å². The summed E-state index contributed by atoms with van der Waals surface area (Å²) in [5.74, 6) is 0.0120. The minimum atomic E-state index is 0.0120. The van der Waals surface area contributed by atoms with Gasteiger partial charge in [-0.2, -0.15) is 0 Å². The number of ether oxygens (including phenoxy) is 1. The van der Waals surface area contributed by atoms with Gasteiger partial charge in [0.15, 0.2) is 0 Å². The summed E-state index contributed by atoms with van der Waals surface area (Å²) in [4.78, 5) is 12.0. The Labute approximate surface area is 108 Å². The number of hydrogen-bond donors (Lipinski definition) is 2. The third-order valence-electron chi connectivity index (χ3n) is 3.15. The molecule has 1 aromatic carbocycles. The molecule has 1 aromatic rings. The molecule has 0 aliphatic carbocycles. The van der Waals surface area contributed by atoms with Crippen LogP contribution in [0.25, 0.3) is 0 Å². The average Bonchev–Trinajstić information content (AvgIpc) is 2.41. The highest BCUT2D eigenvalue weighted by atomic mass is 16.5. The Kier molecular flexibility index (Phi) is 4.73. The van der Waals surface area contributed by atoms with Gasteiger partial charge in [0.1, 0.15) is 0 Å². The first-order valence-electron chi connectivity index (χ1n) is 6.42. The highest BCUT2D eigenvalue weighted by Gasteiger charge is 2.16. The van der Waals surface area contributed by atoms with Crippen LogP contribution in [0.4, 0.5) is 0 Å². The number of carbonyl (C=O) groups excluding carboxylic acids is 1. The second-order valence-electron chi connectivity index (χ2n) is 4.59. The monoisotopic (exact) mass is 248 g/mol. The number of benzene rings is 1. The fourth-order valence-corrected chi connectivity index (χ4v) is 2.09. The van der Waals surface area contributed by atoms with E-state index >= 15 is 0 Å². The maximum atomic E-state index is 12.0. The Hall–Kier alpha value is -1.39. The van der Waals surface area contributed by atoms with Crippen LogP contribution in [0.5, 0.6) is 0 Å². The molecule has 18 heavy (non-hydrogen) atoms. The highest BCUT2D eigenvalue weighted by molar-refractivity contribution is 5.94. The van der Waals surface area contributed by atoms with Crippen LogP contribution < -0.4 is 10.6 Å². The van der Waals surface area contributed by atoms with Crippen molar-refractivity contribution in [2.24, 2.45) is 0 Å². The van der Waals surface area contributed by atoms with Crippen LogP contribution in [-0.2, 0) is 11.3 Å². The van der Waals surface area contributed by atoms with Gasteiger partial charge in [0, 0.05) is 31.4 Å². The fraction of sp³-hybridized carbons (Fsp3) is 0.500. The van der Waals surface area contributed by atoms with E-state index in [-0.39, 0.29) is 11.9 Å². The van der Waals surface area contributed by atoms with Crippen molar-refractivity contribution in [3.8, 4) is 0 Å². The first-order valence-corrected chi connectivity index (χ1v) is 6.42. The highest BCUT2D eigenvalue weighted by Crippen LogP contribution is 2.09. The van der Waals surface area contributed by atoms with Crippen LogP contribution in [0, 0.1) is 0 Å². The number of hydrogen-bond acceptors (Lipinski definition) is 3. The smallest absolute Gasteiger partial charge is 0.251 e. The van der Waals surface area contributed by atoms with E-state index in [4.69, 9.17) is 4.74 Å². The van der Waals surface area contributed by atoms with Crippen molar-refractivity contribution in [2.45, 2.75) is 25.4 Å². The molecule has 98 valence electrons. The topological polar surface area (TPSA) is 50.4 Å². The second kappa shape index (κ2) is 6.52. The fourth-order valence-electron chi connectivity index (χ4n) is 2.09. The van der Waals surface area contributed by atoms with Gasteiger partial charge in [-0.1, -0.05) is 12.1 Å². The summed E-state index contributed by atoms with van der Waals surface area (Å²) < 4.78 is 5.27. The van der Waals surface area contributed by atoms with Crippen LogP contribution in [0.15, 0.2) is 24.3 Å². The van der Waals surface area contributed by atoms with E-state index in [0.29, 0.717) is 0 Å². The molecule has 0 spiro atoms. The molecule has 1 fully saturated rings. The van der Waals surface area contributed by atoms with Gasteiger partial charge < -0.3 is 15.4 Å². The lowest BCUT2D eigenvalue weighted by atomic mass is 10.1.